The molecule has 8 nitrogen and oxygen atoms in total. The Morgan fingerprint density at radius 1 is 1.00 bits per heavy atom. The first kappa shape index (κ1) is 22.2. The molecule has 3 amide bonds. The third-order valence-corrected chi connectivity index (χ3v) is 8.21. The molecular formula is C25H33N3O5. The number of phenolic OH excluding ortho intramolecular Hbond substituents is 1. The molecular weight excluding hydrogens is 422 g/mol. The van der Waals surface area contributed by atoms with E-state index in [1.807, 2.05) is 4.90 Å². The first-order valence-electron chi connectivity index (χ1n) is 12.2. The third-order valence-electron chi connectivity index (χ3n) is 8.21. The van der Waals surface area contributed by atoms with E-state index in [4.69, 9.17) is 4.74 Å². The summed E-state index contributed by atoms with van der Waals surface area (Å²) < 4.78 is 5.11. The monoisotopic (exact) mass is 455 g/mol. The van der Waals surface area contributed by atoms with Crippen LogP contribution in [0.3, 0.4) is 0 Å². The molecule has 178 valence electrons. The number of carbonyl (C=O) groups is 3. The van der Waals surface area contributed by atoms with Gasteiger partial charge in [0.25, 0.3) is 5.91 Å². The normalized spacial score (nSPS) is 29.1. The molecule has 0 aromatic heterocycles. The number of piperazine rings is 1. The molecule has 2 bridgehead atoms. The zero-order valence-electron chi connectivity index (χ0n) is 19.2. The quantitative estimate of drug-likeness (QED) is 0.499. The Balaban J connectivity index is 1.05. The largest absolute Gasteiger partial charge is 0.504 e. The zero-order valence-corrected chi connectivity index (χ0v) is 19.2. The Hall–Kier alpha value is -2.61. The predicted octanol–water partition coefficient (Wildman–Crippen LogP) is 1.97. The summed E-state index contributed by atoms with van der Waals surface area (Å²) in [6.07, 6.45) is 5.08. The number of phenols is 1. The Labute approximate surface area is 194 Å². The molecule has 0 spiro atoms. The van der Waals surface area contributed by atoms with Gasteiger partial charge in [0.15, 0.2) is 11.5 Å². The Morgan fingerprint density at radius 3 is 2.27 bits per heavy atom. The number of ether oxygens (including phenoxy) is 1. The molecule has 2 saturated heterocycles. The number of fused-ring (bicyclic) bond motifs is 5. The molecule has 4 aliphatic rings. The number of imide groups is 1. The van der Waals surface area contributed by atoms with Crippen molar-refractivity contribution in [1.82, 2.24) is 14.7 Å². The molecule has 2 unspecified atom stereocenters. The van der Waals surface area contributed by atoms with E-state index < -0.39 is 0 Å². The van der Waals surface area contributed by atoms with Gasteiger partial charge in [0.1, 0.15) is 0 Å². The number of carbonyl (C=O) groups excluding carboxylic acids is 3. The van der Waals surface area contributed by atoms with Crippen molar-refractivity contribution in [2.24, 2.45) is 23.7 Å². The third kappa shape index (κ3) is 3.98. The molecule has 8 heteroatoms. The highest BCUT2D eigenvalue weighted by molar-refractivity contribution is 6.06. The van der Waals surface area contributed by atoms with Gasteiger partial charge in [-0.1, -0.05) is 0 Å². The van der Waals surface area contributed by atoms with Crippen molar-refractivity contribution in [2.45, 2.75) is 32.1 Å². The van der Waals surface area contributed by atoms with Crippen LogP contribution < -0.4 is 4.74 Å². The molecule has 2 saturated carbocycles. The van der Waals surface area contributed by atoms with Gasteiger partial charge < -0.3 is 14.7 Å². The van der Waals surface area contributed by atoms with Gasteiger partial charge in [-0.15, -0.1) is 0 Å². The first-order chi connectivity index (χ1) is 16.0. The lowest BCUT2D eigenvalue weighted by Gasteiger charge is -2.35. The Kier molecular flexibility index (Phi) is 6.03. The van der Waals surface area contributed by atoms with Gasteiger partial charge >= 0.3 is 0 Å². The molecule has 2 heterocycles. The fourth-order valence-electron chi connectivity index (χ4n) is 6.46. The highest BCUT2D eigenvalue weighted by atomic mass is 16.5. The van der Waals surface area contributed by atoms with Gasteiger partial charge in [0.2, 0.25) is 11.8 Å². The van der Waals surface area contributed by atoms with E-state index in [2.05, 4.69) is 4.90 Å². The van der Waals surface area contributed by atoms with Crippen molar-refractivity contribution in [2.75, 3.05) is 46.4 Å². The lowest BCUT2D eigenvalue weighted by Crippen LogP contribution is -2.48. The van der Waals surface area contributed by atoms with Crippen LogP contribution in [0.2, 0.25) is 0 Å². The number of unbranched alkanes of at least 4 members (excludes halogenated alkanes) is 1. The maximum absolute atomic E-state index is 12.8. The lowest BCUT2D eigenvalue weighted by molar-refractivity contribution is -0.140. The summed E-state index contributed by atoms with van der Waals surface area (Å²) in [7, 11) is 1.47. The van der Waals surface area contributed by atoms with E-state index in [1.165, 1.54) is 13.2 Å². The molecule has 1 N–H and O–H groups in total. The van der Waals surface area contributed by atoms with Crippen LogP contribution in [0.15, 0.2) is 18.2 Å². The molecule has 2 aliphatic carbocycles. The predicted molar refractivity (Wildman–Crippen MR) is 121 cm³/mol. The van der Waals surface area contributed by atoms with Gasteiger partial charge in [-0.3, -0.25) is 24.2 Å². The second-order valence-corrected chi connectivity index (χ2v) is 9.94. The summed E-state index contributed by atoms with van der Waals surface area (Å²) in [5.74, 6) is 1.30. The van der Waals surface area contributed by atoms with Crippen LogP contribution in [-0.2, 0) is 9.59 Å². The fourth-order valence-corrected chi connectivity index (χ4v) is 6.46. The van der Waals surface area contributed by atoms with Crippen LogP contribution in [0, 0.1) is 23.7 Å². The van der Waals surface area contributed by atoms with Gasteiger partial charge in [0.05, 0.1) is 18.9 Å². The highest BCUT2D eigenvalue weighted by Crippen LogP contribution is 2.56. The van der Waals surface area contributed by atoms with Crippen molar-refractivity contribution in [3.8, 4) is 11.5 Å². The van der Waals surface area contributed by atoms with E-state index in [0.29, 0.717) is 42.8 Å². The minimum absolute atomic E-state index is 0.0181. The summed E-state index contributed by atoms with van der Waals surface area (Å²) in [5, 5.41) is 9.73. The summed E-state index contributed by atoms with van der Waals surface area (Å²) in [5.41, 5.74) is 0.510. The smallest absolute Gasteiger partial charge is 0.254 e. The van der Waals surface area contributed by atoms with Crippen molar-refractivity contribution in [3.63, 3.8) is 0 Å². The minimum atomic E-state index is -0.0569. The maximum atomic E-state index is 12.8. The first-order valence-corrected chi connectivity index (χ1v) is 12.2. The Morgan fingerprint density at radius 2 is 1.64 bits per heavy atom. The topological polar surface area (TPSA) is 90.4 Å². The average molecular weight is 456 g/mol. The summed E-state index contributed by atoms with van der Waals surface area (Å²) in [4.78, 5) is 44.1. The van der Waals surface area contributed by atoms with Crippen LogP contribution in [0.25, 0.3) is 0 Å². The number of benzene rings is 1. The van der Waals surface area contributed by atoms with E-state index in [9.17, 15) is 19.5 Å². The van der Waals surface area contributed by atoms with E-state index in [1.54, 1.807) is 17.0 Å². The second kappa shape index (κ2) is 8.97. The fraction of sp³-hybridized carbons (Fsp3) is 0.640. The number of hydrogen-bond acceptors (Lipinski definition) is 6. The summed E-state index contributed by atoms with van der Waals surface area (Å²) in [6.45, 7) is 4.36. The number of hydrogen-bond donors (Lipinski definition) is 1. The number of amides is 3. The van der Waals surface area contributed by atoms with Crippen LogP contribution in [0.5, 0.6) is 11.5 Å². The molecule has 5 rings (SSSR count). The van der Waals surface area contributed by atoms with Crippen LogP contribution in [-0.4, -0.2) is 83.9 Å². The van der Waals surface area contributed by atoms with Crippen molar-refractivity contribution < 1.29 is 24.2 Å². The van der Waals surface area contributed by atoms with Crippen LogP contribution >= 0.6 is 0 Å². The van der Waals surface area contributed by atoms with Crippen LogP contribution in [0.1, 0.15) is 42.5 Å². The maximum Gasteiger partial charge on any atom is 0.254 e. The Bertz CT molecular complexity index is 914. The van der Waals surface area contributed by atoms with Gasteiger partial charge in [0, 0.05) is 38.3 Å². The molecule has 0 radical (unpaired) electrons. The lowest BCUT2D eigenvalue weighted by atomic mass is 9.81. The van der Waals surface area contributed by atoms with Gasteiger partial charge in [-0.25, -0.2) is 0 Å². The molecule has 4 atom stereocenters. The van der Waals surface area contributed by atoms with Gasteiger partial charge in [-0.05, 0) is 68.7 Å². The zero-order chi connectivity index (χ0) is 23.1. The molecule has 1 aromatic rings. The second-order valence-electron chi connectivity index (χ2n) is 9.94. The number of rotatable bonds is 7. The van der Waals surface area contributed by atoms with Gasteiger partial charge in [-0.2, -0.15) is 0 Å². The minimum Gasteiger partial charge on any atom is -0.504 e. The van der Waals surface area contributed by atoms with E-state index in [0.717, 1.165) is 51.7 Å². The number of nitrogens with zero attached hydrogens (tertiary/aromatic N) is 3. The van der Waals surface area contributed by atoms with Crippen molar-refractivity contribution in [1.29, 1.82) is 0 Å². The summed E-state index contributed by atoms with van der Waals surface area (Å²) >= 11 is 0. The molecule has 4 fully saturated rings. The number of likely N-dealkylation sites (tertiary alicyclic amines) is 1. The average Bonchev–Trinajstić information content (AvgIpc) is 3.51. The van der Waals surface area contributed by atoms with Crippen LogP contribution in [0.4, 0.5) is 0 Å². The standard InChI is InChI=1S/C25H33N3O5/c1-33-20-15-18(6-7-19(20)29)23(30)27-12-10-26(11-13-27)8-2-3-9-28-24(31)21-16-4-5-17(14-16)22(21)25(28)32/h6-7,15-17,21-22,29H,2-5,8-14H2,1H3/t16?,17?,21-,22+. The highest BCUT2D eigenvalue weighted by Gasteiger charge is 2.60. The SMILES string of the molecule is COc1cc(C(=O)N2CCN(CCCCN3C(=O)[C@@H]4C5CCC(C5)[C@@H]4C3=O)CC2)ccc1O. The van der Waals surface area contributed by atoms with E-state index >= 15 is 0 Å². The van der Waals surface area contributed by atoms with E-state index in [-0.39, 0.29) is 35.3 Å². The van der Waals surface area contributed by atoms with Crippen molar-refractivity contribution in [3.05, 3.63) is 23.8 Å². The summed E-state index contributed by atoms with van der Waals surface area (Å²) in [6, 6.07) is 4.67. The number of methoxy groups -OCH3 is 1. The molecule has 33 heavy (non-hydrogen) atoms. The van der Waals surface area contributed by atoms with Crippen molar-refractivity contribution >= 4 is 17.7 Å². The molecule has 2 aliphatic heterocycles. The molecule has 1 aromatic carbocycles. The number of aromatic hydroxyl groups is 1.